The fourth-order valence-corrected chi connectivity index (χ4v) is 1.50. The molecule has 1 atom stereocenters. The van der Waals surface area contributed by atoms with Crippen molar-refractivity contribution in [3.8, 4) is 0 Å². The van der Waals surface area contributed by atoms with Gasteiger partial charge in [-0.05, 0) is 18.9 Å². The lowest BCUT2D eigenvalue weighted by atomic mass is 10.2. The Balaban J connectivity index is 1.88. The Hall–Kier alpha value is -1.36. The van der Waals surface area contributed by atoms with Gasteiger partial charge in [0.15, 0.2) is 0 Å². The summed E-state index contributed by atoms with van der Waals surface area (Å²) in [6, 6.07) is 1.73. The van der Waals surface area contributed by atoms with Gasteiger partial charge in [-0.25, -0.2) is 9.78 Å². The number of nitrogens with one attached hydrogen (secondary N) is 2. The van der Waals surface area contributed by atoms with E-state index in [2.05, 4.69) is 15.3 Å². The molecule has 0 bridgehead atoms. The van der Waals surface area contributed by atoms with Crippen molar-refractivity contribution in [1.82, 2.24) is 9.97 Å². The third-order valence-corrected chi connectivity index (χ3v) is 2.22. The third-order valence-electron chi connectivity index (χ3n) is 2.22. The van der Waals surface area contributed by atoms with Gasteiger partial charge in [-0.15, -0.1) is 0 Å². The lowest BCUT2D eigenvalue weighted by molar-refractivity contribution is 0.120. The highest BCUT2D eigenvalue weighted by atomic mass is 16.5. The lowest BCUT2D eigenvalue weighted by Crippen LogP contribution is -2.21. The predicted octanol–water partition coefficient (Wildman–Crippen LogP) is 0.361. The summed E-state index contributed by atoms with van der Waals surface area (Å²) in [5.41, 5.74) is -0.331. The van der Waals surface area contributed by atoms with Crippen molar-refractivity contribution in [3.63, 3.8) is 0 Å². The van der Waals surface area contributed by atoms with Gasteiger partial charge in [-0.2, -0.15) is 0 Å². The second-order valence-corrected chi connectivity index (χ2v) is 3.30. The molecular formula is C9H13N3O2. The number of aromatic nitrogens is 2. The Bertz CT molecular complexity index is 344. The fraction of sp³-hybridized carbons (Fsp3) is 0.556. The molecule has 2 N–H and O–H groups in total. The molecule has 0 aromatic carbocycles. The summed E-state index contributed by atoms with van der Waals surface area (Å²) in [4.78, 5) is 17.0. The van der Waals surface area contributed by atoms with Crippen LogP contribution in [0.25, 0.3) is 0 Å². The molecule has 0 saturated carbocycles. The molecule has 1 fully saturated rings. The maximum Gasteiger partial charge on any atom is 0.346 e. The minimum atomic E-state index is -0.331. The van der Waals surface area contributed by atoms with Crippen molar-refractivity contribution in [1.29, 1.82) is 0 Å². The van der Waals surface area contributed by atoms with Gasteiger partial charge in [0.25, 0.3) is 0 Å². The zero-order valence-corrected chi connectivity index (χ0v) is 7.82. The number of ether oxygens (including phenoxy) is 1. The van der Waals surface area contributed by atoms with Gasteiger partial charge < -0.3 is 10.1 Å². The number of H-pyrrole nitrogens is 1. The molecule has 0 unspecified atom stereocenters. The molecule has 1 aromatic rings. The molecule has 1 aliphatic heterocycles. The van der Waals surface area contributed by atoms with Crippen LogP contribution in [-0.4, -0.2) is 29.2 Å². The molecule has 5 nitrogen and oxygen atoms in total. The van der Waals surface area contributed by atoms with Crippen molar-refractivity contribution in [2.24, 2.45) is 0 Å². The van der Waals surface area contributed by atoms with Crippen molar-refractivity contribution < 1.29 is 4.74 Å². The molecule has 76 valence electrons. The van der Waals surface area contributed by atoms with E-state index in [1.54, 1.807) is 6.07 Å². The molecule has 0 aliphatic carbocycles. The second kappa shape index (κ2) is 4.23. The van der Waals surface area contributed by atoms with E-state index in [1.807, 2.05) is 0 Å². The Morgan fingerprint density at radius 2 is 2.64 bits per heavy atom. The normalized spacial score (nSPS) is 21.0. The maximum absolute atomic E-state index is 10.8. The van der Waals surface area contributed by atoms with E-state index in [-0.39, 0.29) is 11.8 Å². The molecule has 14 heavy (non-hydrogen) atoms. The number of hydrogen-bond acceptors (Lipinski definition) is 4. The van der Waals surface area contributed by atoms with E-state index in [0.29, 0.717) is 5.82 Å². The van der Waals surface area contributed by atoms with E-state index >= 15 is 0 Å². The van der Waals surface area contributed by atoms with E-state index in [4.69, 9.17) is 4.74 Å². The largest absolute Gasteiger partial charge is 0.376 e. The van der Waals surface area contributed by atoms with E-state index in [9.17, 15) is 4.79 Å². The number of anilines is 1. The van der Waals surface area contributed by atoms with Crippen LogP contribution in [0.3, 0.4) is 0 Å². The van der Waals surface area contributed by atoms with E-state index < -0.39 is 0 Å². The number of nitrogens with zero attached hydrogens (tertiary/aromatic N) is 1. The van der Waals surface area contributed by atoms with Crippen LogP contribution in [0.2, 0.25) is 0 Å². The summed E-state index contributed by atoms with van der Waals surface area (Å²) in [5.74, 6) is 0.695. The first-order chi connectivity index (χ1) is 6.84. The average molecular weight is 195 g/mol. The zero-order valence-electron chi connectivity index (χ0n) is 7.82. The molecule has 0 spiro atoms. The van der Waals surface area contributed by atoms with Crippen LogP contribution in [0.15, 0.2) is 17.1 Å². The van der Waals surface area contributed by atoms with Crippen molar-refractivity contribution in [2.45, 2.75) is 18.9 Å². The summed E-state index contributed by atoms with van der Waals surface area (Å²) >= 11 is 0. The third kappa shape index (κ3) is 2.32. The SMILES string of the molecule is O=c1nccc(NC[C@@H]2CCCO2)[nH]1. The topological polar surface area (TPSA) is 67.0 Å². The smallest absolute Gasteiger partial charge is 0.346 e. The summed E-state index contributed by atoms with van der Waals surface area (Å²) in [7, 11) is 0. The van der Waals surface area contributed by atoms with Gasteiger partial charge in [0, 0.05) is 19.3 Å². The highest BCUT2D eigenvalue weighted by molar-refractivity contribution is 5.31. The minimum absolute atomic E-state index is 0.270. The number of hydrogen-bond donors (Lipinski definition) is 2. The van der Waals surface area contributed by atoms with Gasteiger partial charge in [0.1, 0.15) is 5.82 Å². The second-order valence-electron chi connectivity index (χ2n) is 3.30. The Morgan fingerprint density at radius 1 is 1.71 bits per heavy atom. The molecule has 1 saturated heterocycles. The van der Waals surface area contributed by atoms with E-state index in [0.717, 1.165) is 26.0 Å². The Labute approximate surface area is 81.5 Å². The predicted molar refractivity (Wildman–Crippen MR) is 52.3 cm³/mol. The van der Waals surface area contributed by atoms with Gasteiger partial charge in [0.2, 0.25) is 0 Å². The highest BCUT2D eigenvalue weighted by Gasteiger charge is 2.14. The highest BCUT2D eigenvalue weighted by Crippen LogP contribution is 2.12. The van der Waals surface area contributed by atoms with Crippen LogP contribution in [0.1, 0.15) is 12.8 Å². The monoisotopic (exact) mass is 195 g/mol. The summed E-state index contributed by atoms with van der Waals surface area (Å²) in [5, 5.41) is 3.11. The van der Waals surface area contributed by atoms with Gasteiger partial charge in [0.05, 0.1) is 6.10 Å². The molecular weight excluding hydrogens is 182 g/mol. The minimum Gasteiger partial charge on any atom is -0.376 e. The van der Waals surface area contributed by atoms with Crippen LogP contribution < -0.4 is 11.0 Å². The molecule has 0 radical (unpaired) electrons. The first-order valence-electron chi connectivity index (χ1n) is 4.75. The van der Waals surface area contributed by atoms with Crippen LogP contribution >= 0.6 is 0 Å². The molecule has 1 aromatic heterocycles. The number of rotatable bonds is 3. The molecule has 0 amide bonds. The van der Waals surface area contributed by atoms with Crippen LogP contribution in [0.5, 0.6) is 0 Å². The van der Waals surface area contributed by atoms with Crippen molar-refractivity contribution >= 4 is 5.82 Å². The zero-order chi connectivity index (χ0) is 9.80. The van der Waals surface area contributed by atoms with Gasteiger partial charge in [-0.3, -0.25) is 4.98 Å². The van der Waals surface area contributed by atoms with E-state index in [1.165, 1.54) is 6.20 Å². The van der Waals surface area contributed by atoms with Gasteiger partial charge >= 0.3 is 5.69 Å². The van der Waals surface area contributed by atoms with Crippen molar-refractivity contribution in [2.75, 3.05) is 18.5 Å². The first-order valence-corrected chi connectivity index (χ1v) is 4.75. The molecule has 2 heterocycles. The quantitative estimate of drug-likeness (QED) is 0.730. The molecule has 5 heteroatoms. The van der Waals surface area contributed by atoms with Crippen molar-refractivity contribution in [3.05, 3.63) is 22.7 Å². The Kier molecular flexibility index (Phi) is 2.78. The number of aromatic amines is 1. The summed E-state index contributed by atoms with van der Waals surface area (Å²) in [6.07, 6.45) is 3.96. The lowest BCUT2D eigenvalue weighted by Gasteiger charge is -2.10. The fourth-order valence-electron chi connectivity index (χ4n) is 1.50. The molecule has 2 rings (SSSR count). The summed E-state index contributed by atoms with van der Waals surface area (Å²) in [6.45, 7) is 1.58. The maximum atomic E-state index is 10.8. The standard InChI is InChI=1S/C9H13N3O2/c13-9-10-4-3-8(12-9)11-6-7-2-1-5-14-7/h3-4,7H,1-2,5-6H2,(H2,10,11,12,13)/t7-/m0/s1. The average Bonchev–Trinajstić information content (AvgIpc) is 2.67. The first kappa shape index (κ1) is 9.21. The Morgan fingerprint density at radius 3 is 3.36 bits per heavy atom. The van der Waals surface area contributed by atoms with Crippen LogP contribution in [-0.2, 0) is 4.74 Å². The van der Waals surface area contributed by atoms with Crippen LogP contribution in [0, 0.1) is 0 Å². The van der Waals surface area contributed by atoms with Crippen LogP contribution in [0.4, 0.5) is 5.82 Å². The summed E-state index contributed by atoms with van der Waals surface area (Å²) < 4.78 is 5.43. The van der Waals surface area contributed by atoms with Gasteiger partial charge in [-0.1, -0.05) is 0 Å². The molecule has 1 aliphatic rings.